The van der Waals surface area contributed by atoms with Crippen LogP contribution in [0.15, 0.2) is 18.2 Å². The van der Waals surface area contributed by atoms with Crippen molar-refractivity contribution in [2.24, 2.45) is 0 Å². The molecule has 11 nitrogen and oxygen atoms in total. The van der Waals surface area contributed by atoms with E-state index in [1.54, 1.807) is 26.8 Å². The first-order valence-electron chi connectivity index (χ1n) is 10.9. The van der Waals surface area contributed by atoms with Crippen molar-refractivity contribution in [3.8, 4) is 5.75 Å². The maximum atomic E-state index is 12.8. The minimum Gasteiger partial charge on any atom is -0.464 e. The van der Waals surface area contributed by atoms with Gasteiger partial charge in [0.05, 0.1) is 12.2 Å². The van der Waals surface area contributed by atoms with Gasteiger partial charge in [-0.15, -0.1) is 0 Å². The van der Waals surface area contributed by atoms with Crippen molar-refractivity contribution in [1.29, 1.82) is 0 Å². The molecule has 0 aliphatic carbocycles. The minimum absolute atomic E-state index is 0.114. The molecule has 188 valence electrons. The average Bonchev–Trinajstić information content (AvgIpc) is 2.75. The van der Waals surface area contributed by atoms with Crippen LogP contribution in [0.1, 0.15) is 56.5 Å². The smallest absolute Gasteiger partial charge is 0.407 e. The number of amides is 2. The van der Waals surface area contributed by atoms with Crippen LogP contribution in [0.2, 0.25) is 0 Å². The Balaban J connectivity index is 2.04. The Morgan fingerprint density at radius 2 is 1.88 bits per heavy atom. The predicted octanol–water partition coefficient (Wildman–Crippen LogP) is 1.45. The maximum absolute atomic E-state index is 12.8. The van der Waals surface area contributed by atoms with Crippen LogP contribution in [-0.4, -0.2) is 66.6 Å². The van der Waals surface area contributed by atoms with Crippen LogP contribution in [0.25, 0.3) is 0 Å². The van der Waals surface area contributed by atoms with Crippen molar-refractivity contribution in [1.82, 2.24) is 10.6 Å². The summed E-state index contributed by atoms with van der Waals surface area (Å²) in [6.07, 6.45) is -1.94. The van der Waals surface area contributed by atoms with E-state index >= 15 is 0 Å². The van der Waals surface area contributed by atoms with Crippen molar-refractivity contribution in [3.63, 3.8) is 0 Å². The molecule has 11 heteroatoms. The van der Waals surface area contributed by atoms with Crippen molar-refractivity contribution >= 4 is 24.3 Å². The summed E-state index contributed by atoms with van der Waals surface area (Å²) in [7, 11) is 0. The number of rotatable bonds is 9. The molecule has 0 spiro atoms. The van der Waals surface area contributed by atoms with Gasteiger partial charge in [-0.2, -0.15) is 0 Å². The number of nitrogens with one attached hydrogen (secondary N) is 2. The number of ether oxygens (including phenoxy) is 4. The number of hydrogen-bond acceptors (Lipinski definition) is 9. The summed E-state index contributed by atoms with van der Waals surface area (Å²) in [4.78, 5) is 47.1. The van der Waals surface area contributed by atoms with Crippen molar-refractivity contribution < 1.29 is 43.2 Å². The first-order chi connectivity index (χ1) is 16.0. The summed E-state index contributed by atoms with van der Waals surface area (Å²) in [5.74, 6) is -0.828. The first kappa shape index (κ1) is 27.1. The number of hydrogen-bond donors (Lipinski definition) is 3. The van der Waals surface area contributed by atoms with E-state index in [9.17, 15) is 24.3 Å². The molecule has 3 N–H and O–H groups in total. The quantitative estimate of drug-likeness (QED) is 0.271. The van der Waals surface area contributed by atoms with E-state index in [1.807, 2.05) is 0 Å². The molecule has 2 amide bonds. The zero-order valence-corrected chi connectivity index (χ0v) is 19.8. The molecule has 1 aromatic rings. The topological polar surface area (TPSA) is 149 Å². The molecule has 1 heterocycles. The summed E-state index contributed by atoms with van der Waals surface area (Å²) in [5.41, 5.74) is -0.0230. The summed E-state index contributed by atoms with van der Waals surface area (Å²) >= 11 is 0. The molecule has 0 saturated carbocycles. The van der Waals surface area contributed by atoms with Crippen molar-refractivity contribution in [3.05, 3.63) is 29.3 Å². The van der Waals surface area contributed by atoms with Gasteiger partial charge in [0.15, 0.2) is 0 Å². The van der Waals surface area contributed by atoms with E-state index in [2.05, 4.69) is 10.6 Å². The molecule has 34 heavy (non-hydrogen) atoms. The summed E-state index contributed by atoms with van der Waals surface area (Å²) in [6.45, 7) is 6.46. The number of benzene rings is 1. The van der Waals surface area contributed by atoms with E-state index in [-0.39, 0.29) is 43.9 Å². The first-order valence-corrected chi connectivity index (χ1v) is 10.9. The Morgan fingerprint density at radius 1 is 1.18 bits per heavy atom. The SMILES string of the molecule is CC(=O)OC1CC(C=O)OC(Oc2ccc(CO)cc2C(=O)NCCNC(=O)OC(C)(C)C)C1. The molecular formula is C23H32N2O9. The number of carbonyl (C=O) groups is 4. The molecule has 1 aliphatic heterocycles. The lowest BCUT2D eigenvalue weighted by molar-refractivity contribution is -0.188. The van der Waals surface area contributed by atoms with E-state index < -0.39 is 42.1 Å². The van der Waals surface area contributed by atoms with Crippen LogP contribution >= 0.6 is 0 Å². The van der Waals surface area contributed by atoms with Crippen LogP contribution < -0.4 is 15.4 Å². The van der Waals surface area contributed by atoms with Gasteiger partial charge in [-0.1, -0.05) is 6.07 Å². The zero-order chi connectivity index (χ0) is 25.3. The van der Waals surface area contributed by atoms with Crippen molar-refractivity contribution in [2.75, 3.05) is 13.1 Å². The molecule has 1 aromatic carbocycles. The van der Waals surface area contributed by atoms with Crippen LogP contribution in [0, 0.1) is 0 Å². The molecule has 0 bridgehead atoms. The van der Waals surface area contributed by atoms with Gasteiger partial charge >= 0.3 is 12.1 Å². The highest BCUT2D eigenvalue weighted by Crippen LogP contribution is 2.27. The van der Waals surface area contributed by atoms with E-state index in [0.717, 1.165) is 0 Å². The third kappa shape index (κ3) is 8.99. The fourth-order valence-corrected chi connectivity index (χ4v) is 3.22. The number of aliphatic hydroxyl groups excluding tert-OH is 1. The van der Waals surface area contributed by atoms with Crippen LogP contribution in [0.4, 0.5) is 4.79 Å². The third-order valence-electron chi connectivity index (χ3n) is 4.57. The predicted molar refractivity (Wildman–Crippen MR) is 119 cm³/mol. The minimum atomic E-state index is -0.936. The number of carbonyl (C=O) groups excluding carboxylic acids is 4. The molecule has 1 fully saturated rings. The average molecular weight is 481 g/mol. The lowest BCUT2D eigenvalue weighted by atomic mass is 10.1. The highest BCUT2D eigenvalue weighted by atomic mass is 16.7. The van der Waals surface area contributed by atoms with Gasteiger partial charge in [-0.3, -0.25) is 9.59 Å². The standard InChI is InChI=1S/C23H32N2O9/c1-14(28)31-16-10-17(13-27)32-20(11-16)33-19-6-5-15(12-26)9-18(19)21(29)24-7-8-25-22(30)34-23(2,3)4/h5-6,9,13,16-17,20,26H,7-8,10-12H2,1-4H3,(H,24,29)(H,25,30). The molecule has 3 unspecified atom stereocenters. The number of aldehydes is 1. The van der Waals surface area contributed by atoms with Gasteiger partial charge in [0.1, 0.15) is 29.8 Å². The summed E-state index contributed by atoms with van der Waals surface area (Å²) in [5, 5.41) is 14.7. The molecule has 0 radical (unpaired) electrons. The van der Waals surface area contributed by atoms with Gasteiger partial charge in [0.25, 0.3) is 5.91 Å². The molecule has 1 aliphatic rings. The Kier molecular flexibility index (Phi) is 9.82. The van der Waals surface area contributed by atoms with Gasteiger partial charge in [-0.25, -0.2) is 4.79 Å². The van der Waals surface area contributed by atoms with Crippen LogP contribution in [-0.2, 0) is 30.4 Å². The van der Waals surface area contributed by atoms with Gasteiger partial charge < -0.3 is 39.5 Å². The molecule has 0 aromatic heterocycles. The molecule has 2 rings (SSSR count). The van der Waals surface area contributed by atoms with Gasteiger partial charge in [-0.05, 0) is 38.5 Å². The molecule has 1 saturated heterocycles. The molecule has 3 atom stereocenters. The lowest BCUT2D eigenvalue weighted by Crippen LogP contribution is -2.41. The van der Waals surface area contributed by atoms with Crippen LogP contribution in [0.5, 0.6) is 5.75 Å². The second kappa shape index (κ2) is 12.3. The highest BCUT2D eigenvalue weighted by molar-refractivity contribution is 5.97. The Hall–Kier alpha value is -3.18. The Morgan fingerprint density at radius 3 is 2.50 bits per heavy atom. The molecular weight excluding hydrogens is 448 g/mol. The second-order valence-corrected chi connectivity index (χ2v) is 8.73. The van der Waals surface area contributed by atoms with Crippen LogP contribution in [0.3, 0.4) is 0 Å². The number of alkyl carbamates (subject to hydrolysis) is 1. The largest absolute Gasteiger partial charge is 0.464 e. The Bertz CT molecular complexity index is 882. The maximum Gasteiger partial charge on any atom is 0.407 e. The summed E-state index contributed by atoms with van der Waals surface area (Å²) in [6, 6.07) is 4.56. The number of esters is 1. The Labute approximate surface area is 198 Å². The monoisotopic (exact) mass is 480 g/mol. The van der Waals surface area contributed by atoms with Gasteiger partial charge in [0, 0.05) is 32.9 Å². The zero-order valence-electron chi connectivity index (χ0n) is 19.8. The third-order valence-corrected chi connectivity index (χ3v) is 4.57. The number of aliphatic hydroxyl groups is 1. The normalized spacial score (nSPS) is 20.1. The second-order valence-electron chi connectivity index (χ2n) is 8.73. The van der Waals surface area contributed by atoms with E-state index in [4.69, 9.17) is 18.9 Å². The van der Waals surface area contributed by atoms with Crippen molar-refractivity contribution in [2.45, 2.75) is 71.2 Å². The lowest BCUT2D eigenvalue weighted by Gasteiger charge is -2.32. The van der Waals surface area contributed by atoms with E-state index in [1.165, 1.54) is 19.1 Å². The fraction of sp³-hybridized carbons (Fsp3) is 0.565. The summed E-state index contributed by atoms with van der Waals surface area (Å²) < 4.78 is 21.8. The highest BCUT2D eigenvalue weighted by Gasteiger charge is 2.33. The fourth-order valence-electron chi connectivity index (χ4n) is 3.22. The van der Waals surface area contributed by atoms with Gasteiger partial charge in [0.2, 0.25) is 6.29 Å². The van der Waals surface area contributed by atoms with E-state index in [0.29, 0.717) is 11.8 Å².